The molecule has 0 fully saturated rings. The number of anilines is 1. The van der Waals surface area contributed by atoms with Crippen LogP contribution in [0.2, 0.25) is 0 Å². The highest BCUT2D eigenvalue weighted by Gasteiger charge is 2.14. The second kappa shape index (κ2) is 8.28. The molecule has 2 N–H and O–H groups in total. The molecule has 7 heteroatoms. The summed E-state index contributed by atoms with van der Waals surface area (Å²) in [7, 11) is 5.40. The Hall–Kier alpha value is -2.77. The first-order valence-corrected chi connectivity index (χ1v) is 9.51. The number of likely N-dealkylation sites (N-methyl/N-ethyl adjacent to an activating group) is 1. The first kappa shape index (κ1) is 19.0. The number of aromatic nitrogens is 1. The maximum absolute atomic E-state index is 12.3. The van der Waals surface area contributed by atoms with E-state index < -0.39 is 0 Å². The number of carbonyl (C=O) groups excluding carboxylic acids is 2. The third kappa shape index (κ3) is 4.90. The molecule has 140 valence electrons. The first-order chi connectivity index (χ1) is 12.9. The van der Waals surface area contributed by atoms with Crippen molar-refractivity contribution in [3.63, 3.8) is 0 Å². The number of hydrogen-bond donors (Lipinski definition) is 2. The van der Waals surface area contributed by atoms with Crippen LogP contribution in [0.1, 0.15) is 15.4 Å². The van der Waals surface area contributed by atoms with Gasteiger partial charge in [0.05, 0.1) is 17.3 Å². The van der Waals surface area contributed by atoms with Crippen LogP contribution in [0.5, 0.6) is 0 Å². The molecular weight excluding hydrogens is 360 g/mol. The van der Waals surface area contributed by atoms with E-state index >= 15 is 0 Å². The number of para-hydroxylation sites is 1. The summed E-state index contributed by atoms with van der Waals surface area (Å²) in [6, 6.07) is 15.0. The topological polar surface area (TPSA) is 66.7 Å². The zero-order valence-corrected chi connectivity index (χ0v) is 16.5. The van der Waals surface area contributed by atoms with Gasteiger partial charge in [0, 0.05) is 25.3 Å². The predicted molar refractivity (Wildman–Crippen MR) is 108 cm³/mol. The largest absolute Gasteiger partial charge is 0.345 e. The lowest BCUT2D eigenvalue weighted by Gasteiger charge is -2.13. The van der Waals surface area contributed by atoms with E-state index in [-0.39, 0.29) is 11.8 Å². The van der Waals surface area contributed by atoms with Crippen molar-refractivity contribution in [1.29, 1.82) is 0 Å². The minimum absolute atomic E-state index is 0.0621. The molecule has 0 aliphatic carbocycles. The maximum Gasteiger partial charge on any atom is 0.279 e. The van der Waals surface area contributed by atoms with E-state index in [1.165, 1.54) is 4.90 Å². The number of amides is 2. The molecule has 6 nitrogen and oxygen atoms in total. The van der Waals surface area contributed by atoms with E-state index in [9.17, 15) is 9.59 Å². The number of fused-ring (bicyclic) bond motifs is 1. The average molecular weight is 383 g/mol. The van der Waals surface area contributed by atoms with Crippen LogP contribution in [0.15, 0.2) is 48.5 Å². The monoisotopic (exact) mass is 383 g/mol. The summed E-state index contributed by atoms with van der Waals surface area (Å²) in [6.45, 7) is 1.04. The molecule has 0 radical (unpaired) electrons. The van der Waals surface area contributed by atoms with Crippen molar-refractivity contribution < 1.29 is 14.5 Å². The van der Waals surface area contributed by atoms with Gasteiger partial charge in [-0.1, -0.05) is 12.1 Å². The maximum atomic E-state index is 12.3. The van der Waals surface area contributed by atoms with E-state index in [2.05, 4.69) is 16.4 Å². The van der Waals surface area contributed by atoms with Crippen LogP contribution < -0.4 is 10.2 Å². The van der Waals surface area contributed by atoms with Crippen LogP contribution in [-0.4, -0.2) is 49.4 Å². The van der Waals surface area contributed by atoms with Gasteiger partial charge in [0.2, 0.25) is 0 Å². The Morgan fingerprint density at radius 1 is 1.11 bits per heavy atom. The van der Waals surface area contributed by atoms with Crippen molar-refractivity contribution in [2.75, 3.05) is 33.0 Å². The van der Waals surface area contributed by atoms with Gasteiger partial charge in [-0.15, -0.1) is 11.3 Å². The summed E-state index contributed by atoms with van der Waals surface area (Å²) in [5, 5.41) is 3.90. The summed E-state index contributed by atoms with van der Waals surface area (Å²) in [6.07, 6.45) is 0. The molecule has 0 spiro atoms. The van der Waals surface area contributed by atoms with Gasteiger partial charge in [0.15, 0.2) is 6.54 Å². The second-order valence-electron chi connectivity index (χ2n) is 6.71. The molecule has 2 amide bonds. The molecule has 27 heavy (non-hydrogen) atoms. The number of rotatable bonds is 6. The van der Waals surface area contributed by atoms with Crippen molar-refractivity contribution in [2.45, 2.75) is 6.54 Å². The van der Waals surface area contributed by atoms with Crippen molar-refractivity contribution in [1.82, 2.24) is 9.88 Å². The Morgan fingerprint density at radius 3 is 2.48 bits per heavy atom. The lowest BCUT2D eigenvalue weighted by Crippen LogP contribution is -3.08. The van der Waals surface area contributed by atoms with Crippen molar-refractivity contribution in [3.05, 3.63) is 59.1 Å². The van der Waals surface area contributed by atoms with Crippen molar-refractivity contribution >= 4 is 39.1 Å². The van der Waals surface area contributed by atoms with Crippen LogP contribution in [-0.2, 0) is 11.3 Å². The molecule has 2 aromatic carbocycles. The van der Waals surface area contributed by atoms with Gasteiger partial charge < -0.3 is 15.1 Å². The molecule has 0 saturated carbocycles. The van der Waals surface area contributed by atoms with Crippen LogP contribution in [0.25, 0.3) is 10.2 Å². The zero-order chi connectivity index (χ0) is 19.4. The van der Waals surface area contributed by atoms with E-state index in [4.69, 9.17) is 0 Å². The van der Waals surface area contributed by atoms with Crippen LogP contribution in [0.3, 0.4) is 0 Å². The van der Waals surface area contributed by atoms with Gasteiger partial charge in [-0.3, -0.25) is 9.59 Å². The number of hydrogen-bond acceptors (Lipinski definition) is 4. The van der Waals surface area contributed by atoms with Crippen molar-refractivity contribution in [3.8, 4) is 0 Å². The summed E-state index contributed by atoms with van der Waals surface area (Å²) in [5.41, 5.74) is 2.28. The highest BCUT2D eigenvalue weighted by molar-refractivity contribution is 7.18. The number of thiazole rings is 1. The van der Waals surface area contributed by atoms with Crippen molar-refractivity contribution in [2.24, 2.45) is 0 Å². The number of nitrogens with one attached hydrogen (secondary N) is 2. The third-order valence-electron chi connectivity index (χ3n) is 4.08. The fourth-order valence-electron chi connectivity index (χ4n) is 2.75. The molecule has 1 atom stereocenters. The highest BCUT2D eigenvalue weighted by Crippen LogP contribution is 2.20. The molecule has 3 rings (SSSR count). The highest BCUT2D eigenvalue weighted by atomic mass is 32.1. The SMILES string of the molecule is CN(C)C(=O)c1ccc(NC(=O)C[NH+](C)Cc2nc3ccccc3s2)cc1. The van der Waals surface area contributed by atoms with Gasteiger partial charge in [-0.25, -0.2) is 4.98 Å². The Kier molecular flexibility index (Phi) is 5.83. The van der Waals surface area contributed by atoms with E-state index in [1.54, 1.807) is 49.7 Å². The Bertz CT molecular complexity index is 917. The van der Waals surface area contributed by atoms with E-state index in [0.29, 0.717) is 24.3 Å². The van der Waals surface area contributed by atoms with Crippen LogP contribution >= 0.6 is 11.3 Å². The van der Waals surface area contributed by atoms with Gasteiger partial charge >= 0.3 is 0 Å². The minimum atomic E-state index is -0.0692. The molecule has 1 heterocycles. The predicted octanol–water partition coefficient (Wildman–Crippen LogP) is 1.65. The fraction of sp³-hybridized carbons (Fsp3) is 0.250. The fourth-order valence-corrected chi connectivity index (χ4v) is 3.83. The number of carbonyl (C=O) groups is 2. The molecule has 0 aliphatic heterocycles. The lowest BCUT2D eigenvalue weighted by molar-refractivity contribution is -0.885. The van der Waals surface area contributed by atoms with Crippen LogP contribution in [0.4, 0.5) is 5.69 Å². The van der Waals surface area contributed by atoms with Crippen LogP contribution in [0, 0.1) is 0 Å². The standard InChI is InChI=1S/C20H22N4O2S/c1-23(2)20(26)14-8-10-15(11-9-14)21-18(25)12-24(3)13-19-22-16-6-4-5-7-17(16)27-19/h4-11H,12-13H2,1-3H3,(H,21,25)/p+1. The Balaban J connectivity index is 1.54. The summed E-state index contributed by atoms with van der Waals surface area (Å²) in [5.74, 6) is -0.131. The Morgan fingerprint density at radius 2 is 1.81 bits per heavy atom. The van der Waals surface area contributed by atoms with E-state index in [0.717, 1.165) is 20.1 Å². The van der Waals surface area contributed by atoms with Gasteiger partial charge in [0.25, 0.3) is 11.8 Å². The zero-order valence-electron chi connectivity index (χ0n) is 15.7. The van der Waals surface area contributed by atoms with Gasteiger partial charge in [-0.2, -0.15) is 0 Å². The number of nitrogens with zero attached hydrogens (tertiary/aromatic N) is 2. The second-order valence-corrected chi connectivity index (χ2v) is 7.83. The van der Waals surface area contributed by atoms with Gasteiger partial charge in [0.1, 0.15) is 11.6 Å². The summed E-state index contributed by atoms with van der Waals surface area (Å²) >= 11 is 1.66. The Labute approximate surface area is 162 Å². The minimum Gasteiger partial charge on any atom is -0.345 e. The normalized spacial score (nSPS) is 12.0. The quantitative estimate of drug-likeness (QED) is 0.680. The molecule has 1 aromatic heterocycles. The van der Waals surface area contributed by atoms with E-state index in [1.807, 2.05) is 25.2 Å². The molecule has 3 aromatic rings. The first-order valence-electron chi connectivity index (χ1n) is 8.69. The molecule has 1 unspecified atom stereocenters. The number of quaternary nitrogens is 1. The third-order valence-corrected chi connectivity index (χ3v) is 5.11. The summed E-state index contributed by atoms with van der Waals surface area (Å²) < 4.78 is 1.16. The molecule has 0 bridgehead atoms. The summed E-state index contributed by atoms with van der Waals surface area (Å²) in [4.78, 5) is 31.4. The molecule has 0 saturated heterocycles. The van der Waals surface area contributed by atoms with Gasteiger partial charge in [-0.05, 0) is 36.4 Å². The number of benzene rings is 2. The smallest absolute Gasteiger partial charge is 0.279 e. The lowest BCUT2D eigenvalue weighted by atomic mass is 10.2. The average Bonchev–Trinajstić information content (AvgIpc) is 3.03. The molecular formula is C20H23N4O2S+. The molecule has 0 aliphatic rings.